The average molecular weight is 446 g/mol. The molecule has 2 aromatic carbocycles. The predicted molar refractivity (Wildman–Crippen MR) is 122 cm³/mol. The number of nitrogens with zero attached hydrogens (tertiary/aromatic N) is 4. The third kappa shape index (κ3) is 3.66. The topological polar surface area (TPSA) is 99.7 Å². The molecule has 0 unspecified atom stereocenters. The Labute approximate surface area is 189 Å². The van der Waals surface area contributed by atoms with E-state index in [9.17, 15) is 9.59 Å². The summed E-state index contributed by atoms with van der Waals surface area (Å²) in [5.41, 5.74) is 2.50. The summed E-state index contributed by atoms with van der Waals surface area (Å²) in [6.07, 6.45) is 0.521. The van der Waals surface area contributed by atoms with Crippen LogP contribution in [-0.4, -0.2) is 47.5 Å². The largest absolute Gasteiger partial charge is 0.497 e. The van der Waals surface area contributed by atoms with Crippen LogP contribution in [0.25, 0.3) is 28.0 Å². The normalized spacial score (nSPS) is 14.1. The Morgan fingerprint density at radius 1 is 1.03 bits per heavy atom. The number of anilines is 1. The molecule has 3 heterocycles. The lowest BCUT2D eigenvalue weighted by Gasteiger charge is -2.27. The molecule has 168 valence electrons. The number of hydrogen-bond acceptors (Lipinski definition) is 7. The van der Waals surface area contributed by atoms with Crippen LogP contribution in [0, 0.1) is 0 Å². The molecule has 4 aromatic rings. The second-order valence-electron chi connectivity index (χ2n) is 7.58. The van der Waals surface area contributed by atoms with Crippen LogP contribution in [0.4, 0.5) is 5.69 Å². The smallest absolute Gasteiger partial charge is 0.271 e. The number of fused-ring (bicyclic) bond motifs is 1. The molecule has 0 radical (unpaired) electrons. The first kappa shape index (κ1) is 20.9. The second-order valence-corrected chi connectivity index (χ2v) is 7.58. The molecular weight excluding hydrogens is 424 g/mol. The average Bonchev–Trinajstić information content (AvgIpc) is 3.29. The number of amides is 1. The van der Waals surface area contributed by atoms with Crippen LogP contribution in [0.2, 0.25) is 0 Å². The van der Waals surface area contributed by atoms with Gasteiger partial charge in [-0.25, -0.2) is 0 Å². The van der Waals surface area contributed by atoms with Crippen LogP contribution in [0.5, 0.6) is 5.75 Å². The minimum atomic E-state index is -0.265. The Kier molecular flexibility index (Phi) is 5.39. The molecule has 2 aromatic heterocycles. The van der Waals surface area contributed by atoms with Gasteiger partial charge in [-0.2, -0.15) is 4.98 Å². The van der Waals surface area contributed by atoms with Crippen molar-refractivity contribution >= 4 is 22.7 Å². The highest BCUT2D eigenvalue weighted by atomic mass is 16.5. The number of hydrogen-bond donors (Lipinski definition) is 0. The Balaban J connectivity index is 1.61. The van der Waals surface area contributed by atoms with Crippen LogP contribution in [0.15, 0.2) is 57.8 Å². The standard InChI is InChI=1S/C24H22N4O5/c1-3-19-25-23-21(22(26-33-23)15-4-10-18(31-2)11-5-15)24(30)28(19)17-8-6-16(7-9-17)27-12-13-32-14-20(27)29/h4-11H,3,12-14H2,1-2H3. The van der Waals surface area contributed by atoms with E-state index in [0.717, 1.165) is 11.3 Å². The van der Waals surface area contributed by atoms with Gasteiger partial charge in [-0.1, -0.05) is 12.1 Å². The van der Waals surface area contributed by atoms with E-state index in [2.05, 4.69) is 10.1 Å². The molecule has 0 saturated carbocycles. The van der Waals surface area contributed by atoms with Gasteiger partial charge in [0.15, 0.2) is 0 Å². The third-order valence-electron chi connectivity index (χ3n) is 5.66. The molecule has 9 heteroatoms. The van der Waals surface area contributed by atoms with E-state index in [4.69, 9.17) is 14.0 Å². The zero-order valence-corrected chi connectivity index (χ0v) is 18.3. The number of aromatic nitrogens is 3. The molecule has 0 spiro atoms. The lowest BCUT2D eigenvalue weighted by atomic mass is 10.1. The van der Waals surface area contributed by atoms with Crippen molar-refractivity contribution in [2.45, 2.75) is 13.3 Å². The Bertz CT molecular complexity index is 1370. The quantitative estimate of drug-likeness (QED) is 0.465. The molecule has 1 aliphatic heterocycles. The monoisotopic (exact) mass is 446 g/mol. The lowest BCUT2D eigenvalue weighted by molar-refractivity contribution is -0.125. The number of methoxy groups -OCH3 is 1. The molecule has 1 aliphatic rings. The Morgan fingerprint density at radius 2 is 1.76 bits per heavy atom. The van der Waals surface area contributed by atoms with Gasteiger partial charge in [0.05, 0.1) is 19.4 Å². The predicted octanol–water partition coefficient (Wildman–Crippen LogP) is 2.97. The number of rotatable bonds is 5. The van der Waals surface area contributed by atoms with E-state index in [0.29, 0.717) is 47.9 Å². The summed E-state index contributed by atoms with van der Waals surface area (Å²) < 4.78 is 17.4. The van der Waals surface area contributed by atoms with Gasteiger partial charge in [-0.15, -0.1) is 0 Å². The highest BCUT2D eigenvalue weighted by Gasteiger charge is 2.22. The van der Waals surface area contributed by atoms with Crippen molar-refractivity contribution in [1.82, 2.24) is 14.7 Å². The fourth-order valence-electron chi connectivity index (χ4n) is 3.97. The third-order valence-corrected chi connectivity index (χ3v) is 5.66. The first-order chi connectivity index (χ1) is 16.1. The van der Waals surface area contributed by atoms with E-state index >= 15 is 0 Å². The van der Waals surface area contributed by atoms with Crippen molar-refractivity contribution in [2.75, 3.05) is 31.8 Å². The highest BCUT2D eigenvalue weighted by molar-refractivity contribution is 5.95. The van der Waals surface area contributed by atoms with Gasteiger partial charge in [0.25, 0.3) is 17.2 Å². The summed E-state index contributed by atoms with van der Waals surface area (Å²) in [5.74, 6) is 1.17. The number of carbonyl (C=O) groups is 1. The van der Waals surface area contributed by atoms with Crippen LogP contribution >= 0.6 is 0 Å². The van der Waals surface area contributed by atoms with Crippen molar-refractivity contribution < 1.29 is 18.8 Å². The molecule has 0 N–H and O–H groups in total. The maximum Gasteiger partial charge on any atom is 0.271 e. The molecule has 5 rings (SSSR count). The summed E-state index contributed by atoms with van der Waals surface area (Å²) in [4.78, 5) is 32.0. The maximum atomic E-state index is 13.6. The minimum absolute atomic E-state index is 0.0728. The molecular formula is C24H22N4O5. The molecule has 0 aliphatic carbocycles. The van der Waals surface area contributed by atoms with Gasteiger partial charge in [0, 0.05) is 24.2 Å². The number of benzene rings is 2. The van der Waals surface area contributed by atoms with Crippen LogP contribution in [-0.2, 0) is 16.0 Å². The molecule has 0 bridgehead atoms. The zero-order chi connectivity index (χ0) is 22.9. The highest BCUT2D eigenvalue weighted by Crippen LogP contribution is 2.27. The zero-order valence-electron chi connectivity index (χ0n) is 18.3. The van der Waals surface area contributed by atoms with Crippen molar-refractivity contribution in [3.63, 3.8) is 0 Å². The van der Waals surface area contributed by atoms with Gasteiger partial charge in [0.2, 0.25) is 0 Å². The lowest BCUT2D eigenvalue weighted by Crippen LogP contribution is -2.41. The summed E-state index contributed by atoms with van der Waals surface area (Å²) in [7, 11) is 1.59. The SMILES string of the molecule is CCc1nc2onc(-c3ccc(OC)cc3)c2c(=O)n1-c1ccc(N2CCOCC2=O)cc1. The summed E-state index contributed by atoms with van der Waals surface area (Å²) >= 11 is 0. The molecule has 1 fully saturated rings. The van der Waals surface area contributed by atoms with E-state index in [1.165, 1.54) is 0 Å². The van der Waals surface area contributed by atoms with Crippen molar-refractivity contribution in [1.29, 1.82) is 0 Å². The molecule has 33 heavy (non-hydrogen) atoms. The Hall–Kier alpha value is -3.98. The maximum absolute atomic E-state index is 13.6. The Morgan fingerprint density at radius 3 is 2.42 bits per heavy atom. The van der Waals surface area contributed by atoms with Crippen molar-refractivity contribution in [2.24, 2.45) is 0 Å². The van der Waals surface area contributed by atoms with Crippen LogP contribution in [0.1, 0.15) is 12.7 Å². The van der Waals surface area contributed by atoms with Gasteiger partial charge in [-0.05, 0) is 48.5 Å². The van der Waals surface area contributed by atoms with E-state index in [1.807, 2.05) is 43.3 Å². The molecule has 9 nitrogen and oxygen atoms in total. The van der Waals surface area contributed by atoms with E-state index in [-0.39, 0.29) is 23.8 Å². The summed E-state index contributed by atoms with van der Waals surface area (Å²) in [6, 6.07) is 14.5. The number of morpholine rings is 1. The van der Waals surface area contributed by atoms with Gasteiger partial charge >= 0.3 is 0 Å². The summed E-state index contributed by atoms with van der Waals surface area (Å²) in [6.45, 7) is 2.99. The van der Waals surface area contributed by atoms with Crippen LogP contribution in [0.3, 0.4) is 0 Å². The molecule has 0 atom stereocenters. The first-order valence-corrected chi connectivity index (χ1v) is 10.6. The molecule has 1 amide bonds. The minimum Gasteiger partial charge on any atom is -0.497 e. The van der Waals surface area contributed by atoms with Crippen molar-refractivity contribution in [3.8, 4) is 22.7 Å². The molecule has 1 saturated heterocycles. The number of ether oxygens (including phenoxy) is 2. The first-order valence-electron chi connectivity index (χ1n) is 10.6. The fourth-order valence-corrected chi connectivity index (χ4v) is 3.97. The second kappa shape index (κ2) is 8.51. The summed E-state index contributed by atoms with van der Waals surface area (Å²) in [5, 5.41) is 4.44. The van der Waals surface area contributed by atoms with E-state index in [1.54, 1.807) is 28.7 Å². The van der Waals surface area contributed by atoms with Crippen molar-refractivity contribution in [3.05, 3.63) is 64.7 Å². The van der Waals surface area contributed by atoms with Gasteiger partial charge in [-0.3, -0.25) is 14.2 Å². The van der Waals surface area contributed by atoms with Gasteiger partial charge in [0.1, 0.15) is 29.3 Å². The number of carbonyl (C=O) groups excluding carboxylic acids is 1. The van der Waals surface area contributed by atoms with Gasteiger partial charge < -0.3 is 18.9 Å². The van der Waals surface area contributed by atoms with Crippen LogP contribution < -0.4 is 15.2 Å². The van der Waals surface area contributed by atoms with E-state index < -0.39 is 0 Å². The number of aryl methyl sites for hydroxylation is 1. The fraction of sp³-hybridized carbons (Fsp3) is 0.250.